The highest BCUT2D eigenvalue weighted by Gasteiger charge is 2.04. The maximum atomic E-state index is 4.31. The SMILES string of the molecule is CC(C)N(C)Cc1ccc(Br)cn1. The average Bonchev–Trinajstić information content (AvgIpc) is 2.08. The number of aromatic nitrogens is 1. The van der Waals surface area contributed by atoms with Gasteiger partial charge in [0.15, 0.2) is 0 Å². The first-order chi connectivity index (χ1) is 6.09. The van der Waals surface area contributed by atoms with Gasteiger partial charge in [-0.05, 0) is 49.0 Å². The van der Waals surface area contributed by atoms with Crippen LogP contribution in [0.3, 0.4) is 0 Å². The van der Waals surface area contributed by atoms with Crippen molar-refractivity contribution in [3.05, 3.63) is 28.5 Å². The van der Waals surface area contributed by atoms with E-state index in [0.717, 1.165) is 16.7 Å². The number of hydrogen-bond acceptors (Lipinski definition) is 2. The monoisotopic (exact) mass is 242 g/mol. The molecule has 0 atom stereocenters. The van der Waals surface area contributed by atoms with E-state index in [1.807, 2.05) is 18.3 Å². The van der Waals surface area contributed by atoms with Crippen LogP contribution in [0.5, 0.6) is 0 Å². The van der Waals surface area contributed by atoms with Crippen LogP contribution in [0, 0.1) is 0 Å². The number of pyridine rings is 1. The molecule has 1 aromatic heterocycles. The number of hydrogen-bond donors (Lipinski definition) is 0. The molecule has 1 heterocycles. The van der Waals surface area contributed by atoms with Crippen LogP contribution >= 0.6 is 15.9 Å². The van der Waals surface area contributed by atoms with Gasteiger partial charge in [0.1, 0.15) is 0 Å². The Hall–Kier alpha value is -0.410. The van der Waals surface area contributed by atoms with Gasteiger partial charge >= 0.3 is 0 Å². The van der Waals surface area contributed by atoms with E-state index in [4.69, 9.17) is 0 Å². The molecule has 0 aliphatic heterocycles. The van der Waals surface area contributed by atoms with Crippen molar-refractivity contribution in [3.8, 4) is 0 Å². The van der Waals surface area contributed by atoms with E-state index in [1.165, 1.54) is 0 Å². The highest BCUT2D eigenvalue weighted by Crippen LogP contribution is 2.09. The summed E-state index contributed by atoms with van der Waals surface area (Å²) in [5.74, 6) is 0. The maximum absolute atomic E-state index is 4.31. The van der Waals surface area contributed by atoms with Gasteiger partial charge < -0.3 is 0 Å². The van der Waals surface area contributed by atoms with Crippen molar-refractivity contribution in [1.29, 1.82) is 0 Å². The summed E-state index contributed by atoms with van der Waals surface area (Å²) in [6.45, 7) is 5.27. The Bertz CT molecular complexity index is 256. The zero-order valence-electron chi connectivity index (χ0n) is 8.29. The smallest absolute Gasteiger partial charge is 0.0544 e. The molecule has 0 radical (unpaired) electrons. The Morgan fingerprint density at radius 2 is 2.15 bits per heavy atom. The molecule has 3 heteroatoms. The molecule has 13 heavy (non-hydrogen) atoms. The lowest BCUT2D eigenvalue weighted by Gasteiger charge is -2.20. The standard InChI is InChI=1S/C10H15BrN2/c1-8(2)13(3)7-10-5-4-9(11)6-12-10/h4-6,8H,7H2,1-3H3. The second kappa shape index (κ2) is 4.72. The van der Waals surface area contributed by atoms with Crippen molar-refractivity contribution < 1.29 is 0 Å². The van der Waals surface area contributed by atoms with E-state index in [1.54, 1.807) is 0 Å². The molecule has 0 spiro atoms. The van der Waals surface area contributed by atoms with Crippen molar-refractivity contribution in [2.24, 2.45) is 0 Å². The van der Waals surface area contributed by atoms with Gasteiger partial charge in [-0.1, -0.05) is 0 Å². The second-order valence-corrected chi connectivity index (χ2v) is 4.39. The van der Waals surface area contributed by atoms with Crippen molar-refractivity contribution in [1.82, 2.24) is 9.88 Å². The summed E-state index contributed by atoms with van der Waals surface area (Å²) >= 11 is 3.36. The zero-order chi connectivity index (χ0) is 9.84. The fourth-order valence-corrected chi connectivity index (χ4v) is 1.17. The van der Waals surface area contributed by atoms with Gasteiger partial charge in [-0.3, -0.25) is 9.88 Å². The lowest BCUT2D eigenvalue weighted by atomic mass is 10.3. The average molecular weight is 243 g/mol. The molecule has 0 saturated heterocycles. The summed E-state index contributed by atoms with van der Waals surface area (Å²) in [7, 11) is 2.11. The second-order valence-electron chi connectivity index (χ2n) is 3.48. The predicted molar refractivity (Wildman–Crippen MR) is 58.5 cm³/mol. The number of nitrogens with zero attached hydrogens (tertiary/aromatic N) is 2. The van der Waals surface area contributed by atoms with E-state index < -0.39 is 0 Å². The summed E-state index contributed by atoms with van der Waals surface area (Å²) in [6.07, 6.45) is 1.84. The van der Waals surface area contributed by atoms with Gasteiger partial charge in [-0.15, -0.1) is 0 Å². The third-order valence-corrected chi connectivity index (χ3v) is 2.55. The van der Waals surface area contributed by atoms with Gasteiger partial charge in [0.2, 0.25) is 0 Å². The minimum absolute atomic E-state index is 0.561. The number of halogens is 1. The van der Waals surface area contributed by atoms with Crippen LogP contribution in [0.2, 0.25) is 0 Å². The van der Waals surface area contributed by atoms with E-state index >= 15 is 0 Å². The fraction of sp³-hybridized carbons (Fsp3) is 0.500. The molecule has 72 valence electrons. The molecule has 0 aromatic carbocycles. The molecule has 0 unspecified atom stereocenters. The van der Waals surface area contributed by atoms with Crippen LogP contribution in [-0.4, -0.2) is 23.0 Å². The third-order valence-electron chi connectivity index (χ3n) is 2.08. The fourth-order valence-electron chi connectivity index (χ4n) is 0.938. The molecule has 2 nitrogen and oxygen atoms in total. The highest BCUT2D eigenvalue weighted by molar-refractivity contribution is 9.10. The lowest BCUT2D eigenvalue weighted by molar-refractivity contribution is 0.262. The minimum Gasteiger partial charge on any atom is -0.298 e. The summed E-state index contributed by atoms with van der Waals surface area (Å²) < 4.78 is 1.03. The Kier molecular flexibility index (Phi) is 3.88. The molecule has 0 fully saturated rings. The first kappa shape index (κ1) is 10.7. The van der Waals surface area contributed by atoms with Gasteiger partial charge in [-0.25, -0.2) is 0 Å². The summed E-state index contributed by atoms with van der Waals surface area (Å²) in [6, 6.07) is 4.63. The summed E-state index contributed by atoms with van der Waals surface area (Å²) in [5.41, 5.74) is 1.11. The molecular formula is C10H15BrN2. The van der Waals surface area contributed by atoms with Gasteiger partial charge in [0, 0.05) is 23.3 Å². The van der Waals surface area contributed by atoms with Crippen molar-refractivity contribution >= 4 is 15.9 Å². The molecule has 0 N–H and O–H groups in total. The largest absolute Gasteiger partial charge is 0.298 e. The molecule has 0 aliphatic carbocycles. The molecule has 0 aliphatic rings. The van der Waals surface area contributed by atoms with Crippen molar-refractivity contribution in [2.75, 3.05) is 7.05 Å². The first-order valence-electron chi connectivity index (χ1n) is 4.40. The van der Waals surface area contributed by atoms with Crippen LogP contribution in [0.25, 0.3) is 0 Å². The molecule has 0 bridgehead atoms. The Balaban J connectivity index is 2.59. The Labute approximate surface area is 88.1 Å². The van der Waals surface area contributed by atoms with E-state index in [2.05, 4.69) is 46.7 Å². The Morgan fingerprint density at radius 3 is 2.62 bits per heavy atom. The predicted octanol–water partition coefficient (Wildman–Crippen LogP) is 2.68. The van der Waals surface area contributed by atoms with Crippen molar-refractivity contribution in [2.45, 2.75) is 26.4 Å². The molecular weight excluding hydrogens is 228 g/mol. The molecule has 0 saturated carbocycles. The molecule has 0 amide bonds. The van der Waals surface area contributed by atoms with Crippen LogP contribution in [0.15, 0.2) is 22.8 Å². The number of rotatable bonds is 3. The quantitative estimate of drug-likeness (QED) is 0.811. The maximum Gasteiger partial charge on any atom is 0.0544 e. The van der Waals surface area contributed by atoms with Crippen molar-refractivity contribution in [3.63, 3.8) is 0 Å². The van der Waals surface area contributed by atoms with E-state index in [0.29, 0.717) is 6.04 Å². The van der Waals surface area contributed by atoms with E-state index in [9.17, 15) is 0 Å². The normalized spacial score (nSPS) is 11.2. The van der Waals surface area contributed by atoms with Gasteiger partial charge in [0.05, 0.1) is 5.69 Å². The van der Waals surface area contributed by atoms with Crippen LogP contribution in [0.4, 0.5) is 0 Å². The lowest BCUT2D eigenvalue weighted by Crippen LogP contribution is -2.25. The van der Waals surface area contributed by atoms with Crippen LogP contribution < -0.4 is 0 Å². The van der Waals surface area contributed by atoms with Gasteiger partial charge in [0.25, 0.3) is 0 Å². The highest BCUT2D eigenvalue weighted by atomic mass is 79.9. The zero-order valence-corrected chi connectivity index (χ0v) is 9.87. The first-order valence-corrected chi connectivity index (χ1v) is 5.19. The van der Waals surface area contributed by atoms with Crippen LogP contribution in [0.1, 0.15) is 19.5 Å². The Morgan fingerprint density at radius 1 is 1.46 bits per heavy atom. The van der Waals surface area contributed by atoms with Crippen LogP contribution in [-0.2, 0) is 6.54 Å². The van der Waals surface area contributed by atoms with E-state index in [-0.39, 0.29) is 0 Å². The summed E-state index contributed by atoms with van der Waals surface area (Å²) in [4.78, 5) is 6.57. The third kappa shape index (κ3) is 3.44. The molecule has 1 rings (SSSR count). The molecule has 1 aromatic rings. The summed E-state index contributed by atoms with van der Waals surface area (Å²) in [5, 5.41) is 0. The minimum atomic E-state index is 0.561. The van der Waals surface area contributed by atoms with Gasteiger partial charge in [-0.2, -0.15) is 0 Å². The topological polar surface area (TPSA) is 16.1 Å².